The molecule has 5 nitrogen and oxygen atoms in total. The van der Waals surface area contributed by atoms with Gasteiger partial charge in [0.1, 0.15) is 0 Å². The minimum Gasteiger partial charge on any atom is -0.355 e. The highest BCUT2D eigenvalue weighted by molar-refractivity contribution is 6.30. The number of hydrogen-bond acceptors (Lipinski definition) is 4. The molecule has 0 fully saturated rings. The van der Waals surface area contributed by atoms with E-state index in [2.05, 4.69) is 38.0 Å². The second kappa shape index (κ2) is 6.99. The van der Waals surface area contributed by atoms with Crippen LogP contribution >= 0.6 is 11.6 Å². The molecule has 0 atom stereocenters. The number of nitrogens with zero attached hydrogens (tertiary/aromatic N) is 2. The fourth-order valence-electron chi connectivity index (χ4n) is 2.91. The van der Waals surface area contributed by atoms with Gasteiger partial charge in [-0.2, -0.15) is 5.10 Å². The second-order valence-electron chi connectivity index (χ2n) is 5.85. The van der Waals surface area contributed by atoms with Crippen molar-refractivity contribution in [2.45, 2.75) is 6.42 Å². The van der Waals surface area contributed by atoms with Crippen molar-refractivity contribution in [1.29, 1.82) is 0 Å². The van der Waals surface area contributed by atoms with Gasteiger partial charge in [-0.05, 0) is 30.2 Å². The molecule has 0 amide bonds. The first kappa shape index (κ1) is 15.7. The summed E-state index contributed by atoms with van der Waals surface area (Å²) in [6.45, 7) is 1.75. The number of halogens is 1. The highest BCUT2D eigenvalue weighted by atomic mass is 35.5. The maximum atomic E-state index is 6.02. The van der Waals surface area contributed by atoms with Crippen LogP contribution in [0.4, 0.5) is 0 Å². The van der Waals surface area contributed by atoms with Crippen molar-refractivity contribution < 1.29 is 0 Å². The van der Waals surface area contributed by atoms with Gasteiger partial charge in [0.15, 0.2) is 0 Å². The molecule has 0 saturated carbocycles. The Hall–Kier alpha value is -2.79. The predicted molar refractivity (Wildman–Crippen MR) is 104 cm³/mol. The second-order valence-corrected chi connectivity index (χ2v) is 6.28. The van der Waals surface area contributed by atoms with E-state index in [0.717, 1.165) is 58.2 Å². The van der Waals surface area contributed by atoms with Crippen LogP contribution in [0.15, 0.2) is 58.6 Å². The van der Waals surface area contributed by atoms with Gasteiger partial charge in [0.25, 0.3) is 0 Å². The summed E-state index contributed by atoms with van der Waals surface area (Å²) in [6.07, 6.45) is 2.89. The van der Waals surface area contributed by atoms with Crippen LogP contribution < -0.4 is 10.7 Å². The van der Waals surface area contributed by atoms with E-state index in [9.17, 15) is 0 Å². The van der Waals surface area contributed by atoms with Crippen LogP contribution in [-0.4, -0.2) is 30.2 Å². The number of aromatic nitrogens is 1. The number of para-hydroxylation sites is 1. The molecule has 6 heteroatoms. The smallest absolute Gasteiger partial charge is 0.212 e. The third kappa shape index (κ3) is 3.37. The largest absolute Gasteiger partial charge is 0.355 e. The number of fused-ring (bicyclic) bond motifs is 1. The van der Waals surface area contributed by atoms with Crippen LogP contribution in [0.5, 0.6) is 0 Å². The topological polar surface area (TPSA) is 64.6 Å². The van der Waals surface area contributed by atoms with Gasteiger partial charge in [-0.3, -0.25) is 4.99 Å². The van der Waals surface area contributed by atoms with Gasteiger partial charge in [0, 0.05) is 34.6 Å². The molecule has 0 spiro atoms. The third-order valence-electron chi connectivity index (χ3n) is 4.14. The minimum atomic E-state index is 0.718. The lowest BCUT2D eigenvalue weighted by molar-refractivity contribution is 0.712. The number of hydrazone groups is 1. The average Bonchev–Trinajstić information content (AvgIpc) is 3.02. The molecule has 0 unspecified atom stereocenters. The van der Waals surface area contributed by atoms with Crippen LogP contribution in [0.2, 0.25) is 5.02 Å². The zero-order chi connectivity index (χ0) is 17.1. The quantitative estimate of drug-likeness (QED) is 0.497. The first-order valence-corrected chi connectivity index (χ1v) is 8.63. The van der Waals surface area contributed by atoms with Crippen molar-refractivity contribution in [3.05, 3.63) is 59.1 Å². The Balaban J connectivity index is 1.71. The van der Waals surface area contributed by atoms with Crippen LogP contribution in [0.1, 0.15) is 12.0 Å². The van der Waals surface area contributed by atoms with Crippen LogP contribution in [0.25, 0.3) is 22.2 Å². The highest BCUT2D eigenvalue weighted by Crippen LogP contribution is 2.29. The number of H-pyrrole nitrogens is 1. The highest BCUT2D eigenvalue weighted by Gasteiger charge is 2.11. The lowest BCUT2D eigenvalue weighted by Gasteiger charge is -2.12. The Morgan fingerprint density at radius 3 is 2.76 bits per heavy atom. The molecule has 1 aromatic heterocycles. The molecule has 2 aromatic carbocycles. The van der Waals surface area contributed by atoms with Crippen molar-refractivity contribution in [2.24, 2.45) is 10.1 Å². The summed E-state index contributed by atoms with van der Waals surface area (Å²) in [6, 6.07) is 16.0. The number of aliphatic imine (C=N–C) groups is 1. The molecule has 1 aliphatic heterocycles. The zero-order valence-corrected chi connectivity index (χ0v) is 14.3. The molecule has 0 radical (unpaired) electrons. The van der Waals surface area contributed by atoms with Gasteiger partial charge in [-0.1, -0.05) is 41.9 Å². The number of hydrogen-bond donors (Lipinski definition) is 3. The Bertz CT molecular complexity index is 940. The number of guanidine groups is 1. The molecule has 1 aliphatic rings. The van der Waals surface area contributed by atoms with E-state index in [4.69, 9.17) is 11.6 Å². The Labute approximate surface area is 150 Å². The maximum Gasteiger partial charge on any atom is 0.212 e. The minimum absolute atomic E-state index is 0.718. The van der Waals surface area contributed by atoms with E-state index in [1.807, 2.05) is 42.6 Å². The lowest BCUT2D eigenvalue weighted by Crippen LogP contribution is -2.38. The Kier molecular flexibility index (Phi) is 4.39. The Morgan fingerprint density at radius 1 is 1.12 bits per heavy atom. The molecular formula is C19H18ClN5. The van der Waals surface area contributed by atoms with Crippen LogP contribution in [0, 0.1) is 0 Å². The van der Waals surface area contributed by atoms with Crippen molar-refractivity contribution in [3.63, 3.8) is 0 Å². The standard InChI is InChI=1S/C19H18ClN5/c20-14-8-6-13(7-9-14)18-16(15-4-1-2-5-17(15)24-18)12-23-25-19-21-10-3-11-22-19/h1-2,4-9,12,24H,3,10-11H2,(H2,21,22,25)/b23-12+. The summed E-state index contributed by atoms with van der Waals surface area (Å²) in [5.74, 6) is 0.718. The fraction of sp³-hybridized carbons (Fsp3) is 0.158. The van der Waals surface area contributed by atoms with Crippen molar-refractivity contribution in [1.82, 2.24) is 15.7 Å². The average molecular weight is 352 g/mol. The van der Waals surface area contributed by atoms with Crippen LogP contribution in [-0.2, 0) is 0 Å². The van der Waals surface area contributed by atoms with Gasteiger partial charge in [0.2, 0.25) is 5.96 Å². The van der Waals surface area contributed by atoms with E-state index in [0.29, 0.717) is 0 Å². The first-order chi connectivity index (χ1) is 12.3. The summed E-state index contributed by atoms with van der Waals surface area (Å²) in [5, 5.41) is 9.41. The summed E-state index contributed by atoms with van der Waals surface area (Å²) in [5.41, 5.74) is 7.17. The molecule has 126 valence electrons. The van der Waals surface area contributed by atoms with Gasteiger partial charge in [0.05, 0.1) is 11.9 Å². The molecule has 3 aromatic rings. The van der Waals surface area contributed by atoms with Gasteiger partial charge in [-0.15, -0.1) is 0 Å². The normalized spacial score (nSPS) is 14.5. The summed E-state index contributed by atoms with van der Waals surface area (Å²) < 4.78 is 0. The number of rotatable bonds is 3. The molecule has 4 rings (SSSR count). The maximum absolute atomic E-state index is 6.02. The van der Waals surface area contributed by atoms with Gasteiger partial charge >= 0.3 is 0 Å². The number of nitrogens with one attached hydrogen (secondary N) is 3. The molecule has 3 N–H and O–H groups in total. The SMILES string of the molecule is Clc1ccc(-c2[nH]c3ccccc3c2/C=N/NC2=NCCCN2)cc1. The molecule has 2 heterocycles. The summed E-state index contributed by atoms with van der Waals surface area (Å²) in [7, 11) is 0. The lowest BCUT2D eigenvalue weighted by atomic mass is 10.1. The van der Waals surface area contributed by atoms with E-state index >= 15 is 0 Å². The molecule has 0 saturated heterocycles. The van der Waals surface area contributed by atoms with E-state index in [-0.39, 0.29) is 0 Å². The molecular weight excluding hydrogens is 334 g/mol. The monoisotopic (exact) mass is 351 g/mol. The molecule has 0 bridgehead atoms. The zero-order valence-electron chi connectivity index (χ0n) is 13.6. The molecule has 0 aliphatic carbocycles. The van der Waals surface area contributed by atoms with Gasteiger partial charge in [-0.25, -0.2) is 5.43 Å². The van der Waals surface area contributed by atoms with E-state index in [1.54, 1.807) is 0 Å². The van der Waals surface area contributed by atoms with E-state index in [1.165, 1.54) is 0 Å². The van der Waals surface area contributed by atoms with Crippen molar-refractivity contribution in [3.8, 4) is 11.3 Å². The fourth-order valence-corrected chi connectivity index (χ4v) is 3.03. The Morgan fingerprint density at radius 2 is 1.96 bits per heavy atom. The number of benzene rings is 2. The third-order valence-corrected chi connectivity index (χ3v) is 4.39. The van der Waals surface area contributed by atoms with Crippen molar-refractivity contribution >= 4 is 34.7 Å². The van der Waals surface area contributed by atoms with Gasteiger partial charge < -0.3 is 10.3 Å². The number of aromatic amines is 1. The summed E-state index contributed by atoms with van der Waals surface area (Å²) in [4.78, 5) is 7.84. The van der Waals surface area contributed by atoms with Crippen LogP contribution in [0.3, 0.4) is 0 Å². The van der Waals surface area contributed by atoms with Crippen molar-refractivity contribution in [2.75, 3.05) is 13.1 Å². The predicted octanol–water partition coefficient (Wildman–Crippen LogP) is 3.76. The summed E-state index contributed by atoms with van der Waals surface area (Å²) >= 11 is 6.02. The molecule has 25 heavy (non-hydrogen) atoms. The van der Waals surface area contributed by atoms with E-state index < -0.39 is 0 Å². The first-order valence-electron chi connectivity index (χ1n) is 8.25.